The molecule has 5 rings (SSSR count). The lowest BCUT2D eigenvalue weighted by Gasteiger charge is -2.03. The van der Waals surface area contributed by atoms with E-state index < -0.39 is 0 Å². The predicted molar refractivity (Wildman–Crippen MR) is 81.3 cm³/mol. The van der Waals surface area contributed by atoms with Crippen LogP contribution >= 0.6 is 0 Å². The quantitative estimate of drug-likeness (QED) is 0.725. The molecule has 0 N–H and O–H groups in total. The second-order valence-corrected chi connectivity index (χ2v) is 6.37. The molecular formula is C18H14FN3O. The first-order chi connectivity index (χ1) is 11.2. The van der Waals surface area contributed by atoms with Gasteiger partial charge in [0.2, 0.25) is 11.7 Å². The second kappa shape index (κ2) is 4.47. The highest BCUT2D eigenvalue weighted by atomic mass is 19.1. The van der Waals surface area contributed by atoms with E-state index in [-0.39, 0.29) is 23.3 Å². The van der Waals surface area contributed by atoms with Crippen molar-refractivity contribution < 1.29 is 8.91 Å². The van der Waals surface area contributed by atoms with Gasteiger partial charge in [0.25, 0.3) is 0 Å². The van der Waals surface area contributed by atoms with E-state index in [1.807, 2.05) is 0 Å². The van der Waals surface area contributed by atoms with E-state index in [9.17, 15) is 4.39 Å². The maximum atomic E-state index is 14.2. The van der Waals surface area contributed by atoms with Gasteiger partial charge in [-0.25, -0.2) is 9.37 Å². The number of nitrogens with zero attached hydrogens (tertiary/aromatic N) is 3. The molecule has 5 heteroatoms. The smallest absolute Gasteiger partial charge is 0.231 e. The zero-order valence-electron chi connectivity index (χ0n) is 12.5. The summed E-state index contributed by atoms with van der Waals surface area (Å²) >= 11 is 0. The Hall–Kier alpha value is -2.56. The SMILES string of the molecule is Cc1ccnc(-c2noc(C3C4Cc5ccccc5C43)n2)c1F. The number of aryl methyl sites for hydroxylation is 1. The number of halogens is 1. The molecule has 0 bridgehead atoms. The van der Waals surface area contributed by atoms with E-state index in [0.717, 1.165) is 6.42 Å². The zero-order valence-corrected chi connectivity index (χ0v) is 12.5. The Morgan fingerprint density at radius 2 is 2.04 bits per heavy atom. The standard InChI is InChI=1S/C18H14FN3O/c1-9-6-7-20-16(15(9)19)17-21-18(23-22-17)14-12-8-10-4-2-3-5-11(10)13(12)14/h2-7,12-14H,8H2,1H3. The number of pyridine rings is 1. The summed E-state index contributed by atoms with van der Waals surface area (Å²) in [5.41, 5.74) is 3.50. The van der Waals surface area contributed by atoms with E-state index in [1.165, 1.54) is 11.1 Å². The number of rotatable bonds is 2. The third-order valence-electron chi connectivity index (χ3n) is 5.06. The summed E-state index contributed by atoms with van der Waals surface area (Å²) in [6.07, 6.45) is 2.62. The fraction of sp³-hybridized carbons (Fsp3) is 0.278. The minimum atomic E-state index is -0.388. The lowest BCUT2D eigenvalue weighted by Crippen LogP contribution is -1.95. The average Bonchev–Trinajstić information content (AvgIpc) is 2.94. The summed E-state index contributed by atoms with van der Waals surface area (Å²) in [7, 11) is 0. The number of hydrogen-bond acceptors (Lipinski definition) is 4. The first kappa shape index (κ1) is 12.9. The third-order valence-corrected chi connectivity index (χ3v) is 5.06. The molecule has 0 saturated heterocycles. The number of hydrogen-bond donors (Lipinski definition) is 0. The van der Waals surface area contributed by atoms with Gasteiger partial charge in [0.1, 0.15) is 5.69 Å². The molecule has 2 aliphatic carbocycles. The molecule has 2 aromatic heterocycles. The van der Waals surface area contributed by atoms with E-state index >= 15 is 0 Å². The van der Waals surface area contributed by atoms with Crippen LogP contribution in [0.5, 0.6) is 0 Å². The molecule has 3 aromatic rings. The van der Waals surface area contributed by atoms with Crippen LogP contribution in [0.15, 0.2) is 41.1 Å². The molecule has 3 unspecified atom stereocenters. The van der Waals surface area contributed by atoms with Gasteiger partial charge >= 0.3 is 0 Å². The summed E-state index contributed by atoms with van der Waals surface area (Å²) < 4.78 is 19.6. The Labute approximate surface area is 132 Å². The van der Waals surface area contributed by atoms with Crippen LogP contribution in [0.1, 0.15) is 34.4 Å². The molecule has 0 radical (unpaired) electrons. The van der Waals surface area contributed by atoms with Crippen LogP contribution in [0.4, 0.5) is 4.39 Å². The van der Waals surface area contributed by atoms with Crippen LogP contribution in [0.3, 0.4) is 0 Å². The Kier molecular flexibility index (Phi) is 2.52. The minimum absolute atomic E-state index is 0.159. The molecule has 0 amide bonds. The molecule has 2 aliphatic rings. The van der Waals surface area contributed by atoms with Crippen LogP contribution in [-0.2, 0) is 6.42 Å². The Morgan fingerprint density at radius 3 is 2.96 bits per heavy atom. The van der Waals surface area contributed by atoms with Crippen molar-refractivity contribution in [2.45, 2.75) is 25.2 Å². The molecule has 114 valence electrons. The van der Waals surface area contributed by atoms with Crippen LogP contribution < -0.4 is 0 Å². The summed E-state index contributed by atoms with van der Waals surface area (Å²) in [6, 6.07) is 10.1. The van der Waals surface area contributed by atoms with E-state index in [4.69, 9.17) is 4.52 Å². The Morgan fingerprint density at radius 1 is 1.17 bits per heavy atom. The fourth-order valence-corrected chi connectivity index (χ4v) is 3.85. The molecule has 0 aliphatic heterocycles. The highest BCUT2D eigenvalue weighted by Gasteiger charge is 2.58. The molecule has 23 heavy (non-hydrogen) atoms. The van der Waals surface area contributed by atoms with Gasteiger partial charge in [-0.3, -0.25) is 0 Å². The molecule has 1 fully saturated rings. The molecule has 3 atom stereocenters. The Bertz CT molecular complexity index is 920. The van der Waals surface area contributed by atoms with Crippen molar-refractivity contribution in [1.29, 1.82) is 0 Å². The third kappa shape index (κ3) is 1.79. The van der Waals surface area contributed by atoms with Crippen LogP contribution in [-0.4, -0.2) is 15.1 Å². The molecule has 2 heterocycles. The molecule has 4 nitrogen and oxygen atoms in total. The summed E-state index contributed by atoms with van der Waals surface area (Å²) in [6.45, 7) is 1.70. The van der Waals surface area contributed by atoms with Crippen molar-refractivity contribution in [3.05, 3.63) is 64.9 Å². The van der Waals surface area contributed by atoms with Crippen molar-refractivity contribution >= 4 is 0 Å². The molecule has 1 aromatic carbocycles. The summed E-state index contributed by atoms with van der Waals surface area (Å²) in [5.74, 6) is 1.72. The number of aromatic nitrogens is 3. The normalized spacial score (nSPS) is 24.3. The van der Waals surface area contributed by atoms with Gasteiger partial charge in [-0.15, -0.1) is 0 Å². The monoisotopic (exact) mass is 307 g/mol. The summed E-state index contributed by atoms with van der Waals surface area (Å²) in [5, 5.41) is 3.94. The number of fused-ring (bicyclic) bond motifs is 3. The van der Waals surface area contributed by atoms with E-state index in [0.29, 0.717) is 23.3 Å². The summed E-state index contributed by atoms with van der Waals surface area (Å²) in [4.78, 5) is 8.47. The van der Waals surface area contributed by atoms with Crippen molar-refractivity contribution in [1.82, 2.24) is 15.1 Å². The minimum Gasteiger partial charge on any atom is -0.339 e. The zero-order chi connectivity index (χ0) is 15.6. The largest absolute Gasteiger partial charge is 0.339 e. The fourth-order valence-electron chi connectivity index (χ4n) is 3.85. The lowest BCUT2D eigenvalue weighted by molar-refractivity contribution is 0.373. The van der Waals surface area contributed by atoms with Crippen molar-refractivity contribution in [2.75, 3.05) is 0 Å². The van der Waals surface area contributed by atoms with Gasteiger partial charge in [-0.2, -0.15) is 4.98 Å². The van der Waals surface area contributed by atoms with Crippen molar-refractivity contribution in [3.63, 3.8) is 0 Å². The lowest BCUT2D eigenvalue weighted by atomic mass is 10.0. The van der Waals surface area contributed by atoms with Crippen molar-refractivity contribution in [3.8, 4) is 11.5 Å². The first-order valence-electron chi connectivity index (χ1n) is 7.77. The first-order valence-corrected chi connectivity index (χ1v) is 7.77. The highest BCUT2D eigenvalue weighted by Crippen LogP contribution is 2.66. The van der Waals surface area contributed by atoms with E-state index in [2.05, 4.69) is 39.4 Å². The van der Waals surface area contributed by atoms with Gasteiger partial charge in [0, 0.05) is 12.1 Å². The van der Waals surface area contributed by atoms with Gasteiger partial charge in [-0.05, 0) is 47.9 Å². The predicted octanol–water partition coefficient (Wildman–Crippen LogP) is 3.63. The molecular weight excluding hydrogens is 293 g/mol. The van der Waals surface area contributed by atoms with E-state index in [1.54, 1.807) is 19.2 Å². The maximum absolute atomic E-state index is 14.2. The van der Waals surface area contributed by atoms with Gasteiger partial charge < -0.3 is 4.52 Å². The number of benzene rings is 1. The maximum Gasteiger partial charge on any atom is 0.231 e. The van der Waals surface area contributed by atoms with Crippen molar-refractivity contribution in [2.24, 2.45) is 5.92 Å². The molecule has 1 saturated carbocycles. The van der Waals surface area contributed by atoms with Crippen LogP contribution in [0.2, 0.25) is 0 Å². The topological polar surface area (TPSA) is 51.8 Å². The highest BCUT2D eigenvalue weighted by molar-refractivity contribution is 5.52. The van der Waals surface area contributed by atoms with Gasteiger partial charge in [0.05, 0.1) is 0 Å². The van der Waals surface area contributed by atoms with Gasteiger partial charge in [-0.1, -0.05) is 29.4 Å². The van der Waals surface area contributed by atoms with Gasteiger partial charge in [0.15, 0.2) is 5.82 Å². The van der Waals surface area contributed by atoms with Crippen LogP contribution in [0, 0.1) is 18.7 Å². The average molecular weight is 307 g/mol. The Balaban J connectivity index is 1.48. The van der Waals surface area contributed by atoms with Crippen LogP contribution in [0.25, 0.3) is 11.5 Å². The second-order valence-electron chi connectivity index (χ2n) is 6.37. The molecule has 0 spiro atoms.